The first-order chi connectivity index (χ1) is 12.9. The van der Waals surface area contributed by atoms with E-state index in [1.54, 1.807) is 0 Å². The Kier molecular flexibility index (Phi) is 5.09. The van der Waals surface area contributed by atoms with Crippen molar-refractivity contribution in [2.24, 2.45) is 0 Å². The van der Waals surface area contributed by atoms with Gasteiger partial charge in [-0.1, -0.05) is 109 Å². The first kappa shape index (κ1) is 16.6. The van der Waals surface area contributed by atoms with Crippen LogP contribution in [0.4, 0.5) is 0 Å². The third kappa shape index (κ3) is 3.69. The Balaban J connectivity index is 1.76. The van der Waals surface area contributed by atoms with Gasteiger partial charge in [-0.15, -0.1) is 0 Å². The molecule has 0 aliphatic rings. The molecule has 0 saturated heterocycles. The van der Waals surface area contributed by atoms with Gasteiger partial charge in [-0.25, -0.2) is 0 Å². The van der Waals surface area contributed by atoms with Crippen molar-refractivity contribution >= 4 is 18.8 Å². The van der Waals surface area contributed by atoms with Crippen LogP contribution >= 0.6 is 8.15 Å². The second-order valence-corrected chi connectivity index (χ2v) is 7.72. The molecule has 0 N–H and O–H groups in total. The smallest absolute Gasteiger partial charge is 0.150 e. The lowest BCUT2D eigenvalue weighted by Crippen LogP contribution is -2.15. The molecular formula is C24H19OP. The van der Waals surface area contributed by atoms with Crippen LogP contribution in [-0.4, -0.2) is 0 Å². The summed E-state index contributed by atoms with van der Waals surface area (Å²) in [6, 6.07) is 39.6. The zero-order valence-corrected chi connectivity index (χ0v) is 15.2. The molecule has 0 heterocycles. The number of hydrogen-bond donors (Lipinski definition) is 0. The molecule has 0 aromatic heterocycles. The maximum atomic E-state index is 6.64. The Morgan fingerprint density at radius 2 is 0.923 bits per heavy atom. The van der Waals surface area contributed by atoms with Crippen molar-refractivity contribution in [3.63, 3.8) is 0 Å². The van der Waals surface area contributed by atoms with Crippen LogP contribution in [0.25, 0.3) is 11.1 Å². The van der Waals surface area contributed by atoms with Crippen molar-refractivity contribution in [1.29, 1.82) is 0 Å². The highest BCUT2D eigenvalue weighted by molar-refractivity contribution is 7.68. The van der Waals surface area contributed by atoms with Crippen LogP contribution in [0, 0.1) is 0 Å². The Morgan fingerprint density at radius 3 is 1.50 bits per heavy atom. The molecule has 0 spiro atoms. The molecule has 0 fully saturated rings. The lowest BCUT2D eigenvalue weighted by molar-refractivity contribution is 0.632. The quantitative estimate of drug-likeness (QED) is 0.413. The van der Waals surface area contributed by atoms with Crippen molar-refractivity contribution in [3.05, 3.63) is 115 Å². The Labute approximate surface area is 155 Å². The predicted octanol–water partition coefficient (Wildman–Crippen LogP) is 5.78. The summed E-state index contributed by atoms with van der Waals surface area (Å²) in [6.07, 6.45) is 0. The van der Waals surface area contributed by atoms with E-state index in [9.17, 15) is 0 Å². The summed E-state index contributed by atoms with van der Waals surface area (Å²) in [4.78, 5) is 0. The molecule has 2 heteroatoms. The van der Waals surface area contributed by atoms with Gasteiger partial charge in [-0.05, 0) is 11.6 Å². The molecular weight excluding hydrogens is 335 g/mol. The molecule has 0 aliphatic carbocycles. The second-order valence-electron chi connectivity index (χ2n) is 5.92. The number of benzene rings is 4. The number of rotatable bonds is 5. The molecule has 0 saturated carbocycles. The van der Waals surface area contributed by atoms with Gasteiger partial charge in [-0.2, -0.15) is 0 Å². The van der Waals surface area contributed by atoms with Crippen molar-refractivity contribution in [2.45, 2.75) is 0 Å². The maximum Gasteiger partial charge on any atom is 0.150 e. The Hall–Kier alpha value is -2.89. The average molecular weight is 354 g/mol. The lowest BCUT2D eigenvalue weighted by atomic mass is 10.1. The molecule has 126 valence electrons. The Bertz CT molecular complexity index is 913. The highest BCUT2D eigenvalue weighted by Crippen LogP contribution is 2.41. The monoisotopic (exact) mass is 354 g/mol. The van der Waals surface area contributed by atoms with Crippen LogP contribution in [0.15, 0.2) is 115 Å². The second kappa shape index (κ2) is 7.99. The molecule has 0 bridgehead atoms. The minimum Gasteiger partial charge on any atom is -0.464 e. The van der Waals surface area contributed by atoms with Crippen LogP contribution in [-0.2, 0) is 0 Å². The normalized spacial score (nSPS) is 10.7. The molecule has 4 aromatic rings. The van der Waals surface area contributed by atoms with Crippen molar-refractivity contribution in [2.75, 3.05) is 0 Å². The molecule has 4 rings (SSSR count). The summed E-state index contributed by atoms with van der Waals surface area (Å²) < 4.78 is 6.64. The van der Waals surface area contributed by atoms with E-state index in [0.717, 1.165) is 11.3 Å². The summed E-state index contributed by atoms with van der Waals surface area (Å²) in [7, 11) is -0.934. The van der Waals surface area contributed by atoms with Gasteiger partial charge < -0.3 is 4.52 Å². The van der Waals surface area contributed by atoms with E-state index in [1.165, 1.54) is 16.2 Å². The summed E-state index contributed by atoms with van der Waals surface area (Å²) in [5.41, 5.74) is 2.28. The zero-order chi connectivity index (χ0) is 17.6. The summed E-state index contributed by atoms with van der Waals surface area (Å²) in [5.74, 6) is 0.914. The SMILES string of the molecule is c1ccc(-c2ccccc2OP(c2ccccc2)c2ccccc2)cc1. The minimum absolute atomic E-state index is 0.914. The molecule has 1 nitrogen and oxygen atoms in total. The molecule has 0 radical (unpaired) electrons. The lowest BCUT2D eigenvalue weighted by Gasteiger charge is -2.21. The van der Waals surface area contributed by atoms with E-state index >= 15 is 0 Å². The molecule has 4 aromatic carbocycles. The van der Waals surface area contributed by atoms with Crippen LogP contribution < -0.4 is 15.1 Å². The number of para-hydroxylation sites is 1. The summed E-state index contributed by atoms with van der Waals surface area (Å²) in [5, 5.41) is 2.41. The fourth-order valence-corrected chi connectivity index (χ4v) is 4.63. The summed E-state index contributed by atoms with van der Waals surface area (Å²) in [6.45, 7) is 0. The molecule has 0 aliphatic heterocycles. The molecule has 0 atom stereocenters. The van der Waals surface area contributed by atoms with Gasteiger partial charge in [0, 0.05) is 16.2 Å². The van der Waals surface area contributed by atoms with Crippen molar-refractivity contribution < 1.29 is 4.52 Å². The van der Waals surface area contributed by atoms with Gasteiger partial charge in [0.25, 0.3) is 0 Å². The summed E-state index contributed by atoms with van der Waals surface area (Å²) >= 11 is 0. The fraction of sp³-hybridized carbons (Fsp3) is 0. The van der Waals surface area contributed by atoms with Gasteiger partial charge in [0.15, 0.2) is 8.15 Å². The predicted molar refractivity (Wildman–Crippen MR) is 112 cm³/mol. The van der Waals surface area contributed by atoms with Crippen molar-refractivity contribution in [3.8, 4) is 16.9 Å². The topological polar surface area (TPSA) is 9.23 Å². The van der Waals surface area contributed by atoms with Gasteiger partial charge in [0.2, 0.25) is 0 Å². The molecule has 0 unspecified atom stereocenters. The Morgan fingerprint density at radius 1 is 0.462 bits per heavy atom. The van der Waals surface area contributed by atoms with Crippen LogP contribution in [0.2, 0.25) is 0 Å². The number of hydrogen-bond acceptors (Lipinski definition) is 1. The van der Waals surface area contributed by atoms with E-state index in [4.69, 9.17) is 4.52 Å². The van der Waals surface area contributed by atoms with Gasteiger partial charge in [-0.3, -0.25) is 0 Å². The van der Waals surface area contributed by atoms with Crippen LogP contribution in [0.5, 0.6) is 5.75 Å². The average Bonchev–Trinajstić information content (AvgIpc) is 2.74. The van der Waals surface area contributed by atoms with E-state index in [-0.39, 0.29) is 0 Å². The van der Waals surface area contributed by atoms with E-state index < -0.39 is 8.15 Å². The van der Waals surface area contributed by atoms with Crippen LogP contribution in [0.3, 0.4) is 0 Å². The third-order valence-electron chi connectivity index (χ3n) is 4.14. The van der Waals surface area contributed by atoms with E-state index in [1.807, 2.05) is 24.3 Å². The van der Waals surface area contributed by atoms with Gasteiger partial charge in [0.05, 0.1) is 0 Å². The minimum atomic E-state index is -0.934. The van der Waals surface area contributed by atoms with Gasteiger partial charge in [0.1, 0.15) is 5.75 Å². The van der Waals surface area contributed by atoms with E-state index in [0.29, 0.717) is 0 Å². The van der Waals surface area contributed by atoms with Gasteiger partial charge >= 0.3 is 0 Å². The highest BCUT2D eigenvalue weighted by Gasteiger charge is 2.18. The van der Waals surface area contributed by atoms with Crippen molar-refractivity contribution in [1.82, 2.24) is 0 Å². The van der Waals surface area contributed by atoms with E-state index in [2.05, 4.69) is 91.0 Å². The fourth-order valence-electron chi connectivity index (χ4n) is 2.88. The standard InChI is InChI=1S/C24H19OP/c1-4-12-20(13-5-1)23-18-10-11-19-24(23)25-26(21-14-6-2-7-15-21)22-16-8-3-9-17-22/h1-19H. The first-order valence-corrected chi connectivity index (χ1v) is 9.90. The van der Waals surface area contributed by atoms with Crippen LogP contribution in [0.1, 0.15) is 0 Å². The zero-order valence-electron chi connectivity index (χ0n) is 14.3. The molecule has 0 amide bonds. The largest absolute Gasteiger partial charge is 0.464 e. The maximum absolute atomic E-state index is 6.64. The molecule has 26 heavy (non-hydrogen) atoms. The highest BCUT2D eigenvalue weighted by atomic mass is 31.1. The third-order valence-corrected chi connectivity index (χ3v) is 6.06. The first-order valence-electron chi connectivity index (χ1n) is 8.64.